The Kier molecular flexibility index (Phi) is 9.25. The molecular weight excluding hydrogens is 635 g/mol. The van der Waals surface area contributed by atoms with Gasteiger partial charge in [-0.2, -0.15) is 8.78 Å². The first-order chi connectivity index (χ1) is 20.3. The number of nitrogens with zero attached hydrogens (tertiary/aromatic N) is 4. The molecule has 1 atom stereocenters. The minimum Gasteiger partial charge on any atom is -0.444 e. The van der Waals surface area contributed by atoms with Crippen molar-refractivity contribution in [2.75, 3.05) is 23.1 Å². The number of carbonyl (C=O) groups excluding carboxylic acids is 1. The maximum absolute atomic E-state index is 14.9. The van der Waals surface area contributed by atoms with Crippen LogP contribution in [-0.4, -0.2) is 70.8 Å². The molecule has 1 fully saturated rings. The summed E-state index contributed by atoms with van der Waals surface area (Å²) in [6.07, 6.45) is -0.0703. The summed E-state index contributed by atoms with van der Waals surface area (Å²) >= 11 is 1.16. The summed E-state index contributed by atoms with van der Waals surface area (Å²) in [7, 11) is -5.10. The maximum Gasteiger partial charge on any atom is 0.410 e. The lowest BCUT2D eigenvalue weighted by Gasteiger charge is -2.38. The van der Waals surface area contributed by atoms with Crippen molar-refractivity contribution in [3.8, 4) is 22.2 Å². The number of hydrogen-bond acceptors (Lipinski definition) is 10. The van der Waals surface area contributed by atoms with E-state index in [4.69, 9.17) is 9.47 Å². The van der Waals surface area contributed by atoms with Gasteiger partial charge < -0.3 is 19.7 Å². The number of ether oxygens (including phenoxy) is 2. The highest BCUT2D eigenvalue weighted by Gasteiger charge is 2.43. The van der Waals surface area contributed by atoms with Gasteiger partial charge in [-0.25, -0.2) is 41.3 Å². The molecule has 3 heterocycles. The standard InChI is InChI=1S/C26H29F5N6O5S2/c1-13-18(7-6-16(19(13)27)36-44(39,40)22(28)29)41-21-20(43-14(2)33-21)17-8-9-32-23(35-17)34-15-10-26(30,31)12-37(11-15)24(38)42-25(3,4)5/h6-9,15,22,36H,10-12H2,1-5H3,(H,32,34,35)/t15-/m0/s1. The van der Waals surface area contributed by atoms with Crippen LogP contribution in [0.25, 0.3) is 10.6 Å². The van der Waals surface area contributed by atoms with E-state index in [1.165, 1.54) is 30.0 Å². The zero-order valence-corrected chi connectivity index (χ0v) is 25.8. The van der Waals surface area contributed by atoms with Crippen molar-refractivity contribution in [1.29, 1.82) is 0 Å². The number of sulfonamides is 1. The van der Waals surface area contributed by atoms with Gasteiger partial charge in [0, 0.05) is 24.7 Å². The Morgan fingerprint density at radius 1 is 1.18 bits per heavy atom. The predicted molar refractivity (Wildman–Crippen MR) is 152 cm³/mol. The average molecular weight is 665 g/mol. The lowest BCUT2D eigenvalue weighted by Crippen LogP contribution is -2.54. The van der Waals surface area contributed by atoms with Crippen molar-refractivity contribution >= 4 is 39.1 Å². The highest BCUT2D eigenvalue weighted by atomic mass is 32.2. The van der Waals surface area contributed by atoms with E-state index in [0.717, 1.165) is 22.3 Å². The van der Waals surface area contributed by atoms with E-state index in [9.17, 15) is 35.2 Å². The van der Waals surface area contributed by atoms with Crippen LogP contribution in [0.4, 0.5) is 38.4 Å². The number of thiazole rings is 1. The summed E-state index contributed by atoms with van der Waals surface area (Å²) in [5.74, 6) is -8.16. The maximum atomic E-state index is 14.9. The molecule has 240 valence electrons. The highest BCUT2D eigenvalue weighted by Crippen LogP contribution is 2.39. The Labute approximate surface area is 253 Å². The van der Waals surface area contributed by atoms with Crippen molar-refractivity contribution in [2.24, 2.45) is 0 Å². The minimum absolute atomic E-state index is 0.000798. The Morgan fingerprint density at radius 2 is 1.89 bits per heavy atom. The molecule has 44 heavy (non-hydrogen) atoms. The number of aromatic nitrogens is 3. The Morgan fingerprint density at radius 3 is 2.55 bits per heavy atom. The molecule has 0 radical (unpaired) electrons. The third-order valence-electron chi connectivity index (χ3n) is 6.01. The van der Waals surface area contributed by atoms with Crippen molar-refractivity contribution in [2.45, 2.75) is 64.4 Å². The van der Waals surface area contributed by atoms with E-state index in [1.54, 1.807) is 27.7 Å². The minimum atomic E-state index is -5.10. The second kappa shape index (κ2) is 12.3. The molecule has 0 aliphatic carbocycles. The molecule has 4 rings (SSSR count). The second-order valence-corrected chi connectivity index (χ2v) is 13.8. The molecule has 11 nitrogen and oxygen atoms in total. The molecule has 18 heteroatoms. The van der Waals surface area contributed by atoms with Crippen LogP contribution in [0.3, 0.4) is 0 Å². The van der Waals surface area contributed by atoms with E-state index in [-0.39, 0.29) is 35.4 Å². The topological polar surface area (TPSA) is 136 Å². The summed E-state index contributed by atoms with van der Waals surface area (Å²) < 4.78 is 105. The van der Waals surface area contributed by atoms with Crippen LogP contribution >= 0.6 is 11.3 Å². The molecule has 2 N–H and O–H groups in total. The average Bonchev–Trinajstić information content (AvgIpc) is 3.26. The number of halogens is 5. The Bertz CT molecular complexity index is 1650. The summed E-state index contributed by atoms with van der Waals surface area (Å²) in [4.78, 5) is 26.6. The van der Waals surface area contributed by atoms with Crippen molar-refractivity contribution < 1.29 is 44.6 Å². The molecule has 0 saturated carbocycles. The lowest BCUT2D eigenvalue weighted by molar-refractivity contribution is -0.0723. The Hall–Kier alpha value is -3.80. The van der Waals surface area contributed by atoms with E-state index in [0.29, 0.717) is 9.88 Å². The first-order valence-electron chi connectivity index (χ1n) is 13.0. The van der Waals surface area contributed by atoms with Crippen molar-refractivity contribution in [3.63, 3.8) is 0 Å². The smallest absolute Gasteiger partial charge is 0.410 e. The van der Waals surface area contributed by atoms with Gasteiger partial charge in [-0.05, 0) is 52.8 Å². The van der Waals surface area contributed by atoms with Gasteiger partial charge in [-0.3, -0.25) is 4.72 Å². The second-order valence-electron chi connectivity index (χ2n) is 11.0. The summed E-state index contributed by atoms with van der Waals surface area (Å²) in [5, 5.41) is 3.38. The third-order valence-corrected chi connectivity index (χ3v) is 7.96. The molecule has 1 amide bonds. The van der Waals surface area contributed by atoms with Crippen LogP contribution in [-0.2, 0) is 14.8 Å². The van der Waals surface area contributed by atoms with Crippen LogP contribution in [0.5, 0.6) is 11.6 Å². The number of hydrogen-bond donors (Lipinski definition) is 2. The molecule has 1 saturated heterocycles. The molecule has 1 aliphatic rings. The van der Waals surface area contributed by atoms with Crippen LogP contribution < -0.4 is 14.8 Å². The number of rotatable bonds is 8. The molecule has 2 aromatic heterocycles. The Balaban J connectivity index is 1.55. The quantitative estimate of drug-likeness (QED) is 0.271. The number of nitrogens with one attached hydrogen (secondary N) is 2. The number of amides is 1. The first kappa shape index (κ1) is 33.1. The van der Waals surface area contributed by atoms with Crippen LogP contribution in [0.15, 0.2) is 24.4 Å². The van der Waals surface area contributed by atoms with Crippen molar-refractivity contribution in [3.05, 3.63) is 40.8 Å². The first-order valence-corrected chi connectivity index (χ1v) is 15.4. The molecule has 0 unspecified atom stereocenters. The fraction of sp³-hybridized carbons (Fsp3) is 0.462. The number of benzene rings is 1. The normalized spacial score (nSPS) is 17.0. The number of aryl methyl sites for hydroxylation is 1. The van der Waals surface area contributed by atoms with Gasteiger partial charge in [0.2, 0.25) is 11.8 Å². The summed E-state index contributed by atoms with van der Waals surface area (Å²) in [6.45, 7) is 6.96. The fourth-order valence-corrected chi connectivity index (χ4v) is 5.57. The molecule has 1 aromatic carbocycles. The molecule has 0 spiro atoms. The number of anilines is 2. The van der Waals surface area contributed by atoms with Gasteiger partial charge >= 0.3 is 11.9 Å². The van der Waals surface area contributed by atoms with Crippen LogP contribution in [0.2, 0.25) is 0 Å². The molecular formula is C26H29F5N6O5S2. The van der Waals surface area contributed by atoms with E-state index >= 15 is 0 Å². The predicted octanol–water partition coefficient (Wildman–Crippen LogP) is 6.17. The van der Waals surface area contributed by atoms with E-state index < -0.39 is 63.9 Å². The van der Waals surface area contributed by atoms with E-state index in [2.05, 4.69) is 20.3 Å². The number of likely N-dealkylation sites (tertiary alicyclic amines) is 1. The third kappa shape index (κ3) is 8.02. The van der Waals surface area contributed by atoms with Gasteiger partial charge in [0.15, 0.2) is 5.82 Å². The summed E-state index contributed by atoms with van der Waals surface area (Å²) in [6, 6.07) is 2.73. The number of alkyl halides is 4. The lowest BCUT2D eigenvalue weighted by atomic mass is 10.0. The van der Waals surface area contributed by atoms with Crippen LogP contribution in [0.1, 0.15) is 37.8 Å². The summed E-state index contributed by atoms with van der Waals surface area (Å²) in [5.41, 5.74) is -1.45. The zero-order valence-electron chi connectivity index (χ0n) is 24.1. The number of carbonyl (C=O) groups is 1. The SMILES string of the molecule is Cc1nc(Oc2ccc(NS(=O)(=O)C(F)F)c(F)c2C)c(-c2ccnc(N[C@@H]3CN(C(=O)OC(C)(C)C)CC(F)(F)C3)n2)s1. The fourth-order valence-electron chi connectivity index (χ4n) is 4.20. The van der Waals surface area contributed by atoms with Gasteiger partial charge in [0.25, 0.3) is 15.9 Å². The molecule has 3 aromatic rings. The van der Waals surface area contributed by atoms with Gasteiger partial charge in [0.05, 0.1) is 29.0 Å². The van der Waals surface area contributed by atoms with Crippen molar-refractivity contribution in [1.82, 2.24) is 19.9 Å². The van der Waals surface area contributed by atoms with Crippen LogP contribution in [0, 0.1) is 19.7 Å². The monoisotopic (exact) mass is 664 g/mol. The van der Waals surface area contributed by atoms with Gasteiger partial charge in [-0.15, -0.1) is 11.3 Å². The van der Waals surface area contributed by atoms with Gasteiger partial charge in [-0.1, -0.05) is 0 Å². The molecule has 1 aliphatic heterocycles. The van der Waals surface area contributed by atoms with Gasteiger partial charge in [0.1, 0.15) is 16.2 Å². The zero-order chi connectivity index (χ0) is 32.6. The largest absolute Gasteiger partial charge is 0.444 e. The van der Waals surface area contributed by atoms with E-state index in [1.807, 2.05) is 0 Å². The molecule has 0 bridgehead atoms. The number of piperidine rings is 1. The highest BCUT2D eigenvalue weighted by molar-refractivity contribution is 7.93.